The smallest absolute Gasteiger partial charge is 0.321 e. The first kappa shape index (κ1) is 12.8. The highest BCUT2D eigenvalue weighted by molar-refractivity contribution is 4.52. The van der Waals surface area contributed by atoms with Crippen LogP contribution in [0.1, 0.15) is 46.5 Å². The van der Waals surface area contributed by atoms with E-state index in [1.165, 1.54) is 6.92 Å². The van der Waals surface area contributed by atoms with Crippen molar-refractivity contribution in [1.82, 2.24) is 0 Å². The number of ether oxygens (including phenoxy) is 1. The number of hydrogen-bond donors (Lipinski definition) is 0. The highest BCUT2D eigenvalue weighted by Gasteiger charge is 2.26. The third kappa shape index (κ3) is 6.94. The van der Waals surface area contributed by atoms with Gasteiger partial charge in [-0.2, -0.15) is 8.78 Å². The van der Waals surface area contributed by atoms with Crippen molar-refractivity contribution in [1.29, 1.82) is 0 Å². The quantitative estimate of drug-likeness (QED) is 0.559. The van der Waals surface area contributed by atoms with Crippen molar-refractivity contribution in [3.05, 3.63) is 0 Å². The van der Waals surface area contributed by atoms with Crippen molar-refractivity contribution in [3.8, 4) is 0 Å². The summed E-state index contributed by atoms with van der Waals surface area (Å²) in [4.78, 5) is 0. The summed E-state index contributed by atoms with van der Waals surface area (Å²) in [6.45, 7) is 5.82. The zero-order valence-corrected chi connectivity index (χ0v) is 8.78. The summed E-state index contributed by atoms with van der Waals surface area (Å²) in [7, 11) is 0. The van der Waals surface area contributed by atoms with Gasteiger partial charge in [-0.05, 0) is 18.8 Å². The Bertz CT molecular complexity index is 126. The van der Waals surface area contributed by atoms with Gasteiger partial charge in [-0.3, -0.25) is 0 Å². The van der Waals surface area contributed by atoms with Gasteiger partial charge in [-0.15, -0.1) is 0 Å². The van der Waals surface area contributed by atoms with E-state index in [1.807, 2.05) is 0 Å². The van der Waals surface area contributed by atoms with Crippen LogP contribution in [0, 0.1) is 5.92 Å². The Morgan fingerprint density at radius 2 is 1.92 bits per heavy atom. The molecule has 0 aromatic carbocycles. The summed E-state index contributed by atoms with van der Waals surface area (Å²) in [5.74, 6) is 0.610. The van der Waals surface area contributed by atoms with Gasteiger partial charge in [0.25, 0.3) is 0 Å². The summed E-state index contributed by atoms with van der Waals surface area (Å²) in [6, 6.07) is 0. The van der Waals surface area contributed by atoms with Gasteiger partial charge < -0.3 is 4.74 Å². The molecule has 0 aromatic rings. The number of hydrogen-bond acceptors (Lipinski definition) is 1. The third-order valence-electron chi connectivity index (χ3n) is 2.26. The van der Waals surface area contributed by atoms with Gasteiger partial charge in [0.05, 0.1) is 6.61 Å². The summed E-state index contributed by atoms with van der Waals surface area (Å²) in [5.41, 5.74) is 0. The molecule has 1 nitrogen and oxygen atoms in total. The van der Waals surface area contributed by atoms with Crippen LogP contribution in [-0.4, -0.2) is 12.7 Å². The lowest BCUT2D eigenvalue weighted by molar-refractivity contribution is -0.239. The largest absolute Gasteiger partial charge is 0.355 e. The lowest BCUT2D eigenvalue weighted by Gasteiger charge is -2.15. The first-order valence-electron chi connectivity index (χ1n) is 5.03. The zero-order valence-electron chi connectivity index (χ0n) is 8.78. The van der Waals surface area contributed by atoms with Crippen molar-refractivity contribution >= 4 is 0 Å². The predicted molar refractivity (Wildman–Crippen MR) is 49.9 cm³/mol. The first-order valence-corrected chi connectivity index (χ1v) is 5.03. The van der Waals surface area contributed by atoms with Crippen molar-refractivity contribution in [2.24, 2.45) is 5.92 Å². The number of halogens is 2. The van der Waals surface area contributed by atoms with Gasteiger partial charge in [0.15, 0.2) is 0 Å². The predicted octanol–water partition coefficient (Wildman–Crippen LogP) is 3.83. The van der Waals surface area contributed by atoms with Gasteiger partial charge >= 0.3 is 6.11 Å². The molecule has 0 saturated heterocycles. The number of alkyl halides is 2. The molecule has 0 radical (unpaired) electrons. The Labute approximate surface area is 79.5 Å². The minimum absolute atomic E-state index is 0.172. The van der Waals surface area contributed by atoms with Crippen molar-refractivity contribution in [2.75, 3.05) is 6.61 Å². The Kier molecular flexibility index (Phi) is 6.21. The van der Waals surface area contributed by atoms with Crippen molar-refractivity contribution in [2.45, 2.75) is 52.6 Å². The second kappa shape index (κ2) is 6.30. The molecule has 1 atom stereocenters. The summed E-state index contributed by atoms with van der Waals surface area (Å²) < 4.78 is 29.5. The molecule has 0 aliphatic heterocycles. The maximum atomic E-state index is 12.5. The molecule has 80 valence electrons. The average molecular weight is 194 g/mol. The van der Waals surface area contributed by atoms with E-state index in [-0.39, 0.29) is 13.0 Å². The van der Waals surface area contributed by atoms with E-state index in [0.717, 1.165) is 19.3 Å². The zero-order chi connectivity index (χ0) is 10.3. The van der Waals surface area contributed by atoms with Crippen LogP contribution in [0.4, 0.5) is 8.78 Å². The standard InChI is InChI=1S/C10H20F2O/c1-4-9(3)7-6-8-13-10(11,12)5-2/h9H,4-8H2,1-3H3. The van der Waals surface area contributed by atoms with E-state index in [4.69, 9.17) is 0 Å². The second-order valence-corrected chi connectivity index (χ2v) is 3.49. The normalized spacial score (nSPS) is 14.5. The average Bonchev–Trinajstić information content (AvgIpc) is 2.12. The van der Waals surface area contributed by atoms with Crippen LogP contribution in [0.2, 0.25) is 0 Å². The Balaban J connectivity index is 3.35. The Hall–Kier alpha value is -0.180. The molecule has 0 saturated carbocycles. The van der Waals surface area contributed by atoms with E-state index in [9.17, 15) is 8.78 Å². The van der Waals surface area contributed by atoms with Crippen LogP contribution in [0.15, 0.2) is 0 Å². The van der Waals surface area contributed by atoms with Crippen LogP contribution < -0.4 is 0 Å². The first-order chi connectivity index (χ1) is 6.02. The molecule has 0 bridgehead atoms. The molecular weight excluding hydrogens is 174 g/mol. The lowest BCUT2D eigenvalue weighted by Crippen LogP contribution is -2.20. The van der Waals surface area contributed by atoms with E-state index in [1.54, 1.807) is 0 Å². The Morgan fingerprint density at radius 1 is 1.31 bits per heavy atom. The molecular formula is C10H20F2O. The van der Waals surface area contributed by atoms with Crippen molar-refractivity contribution in [3.63, 3.8) is 0 Å². The van der Waals surface area contributed by atoms with Gasteiger partial charge in [-0.25, -0.2) is 0 Å². The molecule has 3 heteroatoms. The van der Waals surface area contributed by atoms with Crippen molar-refractivity contribution < 1.29 is 13.5 Å². The SMILES string of the molecule is CCC(C)CCCOC(F)(F)CC. The summed E-state index contributed by atoms with van der Waals surface area (Å²) >= 11 is 0. The molecule has 0 rings (SSSR count). The van der Waals surface area contributed by atoms with Gasteiger partial charge in [0.2, 0.25) is 0 Å². The molecule has 0 aliphatic carbocycles. The molecule has 0 heterocycles. The van der Waals surface area contributed by atoms with E-state index in [0.29, 0.717) is 5.92 Å². The van der Waals surface area contributed by atoms with E-state index in [2.05, 4.69) is 18.6 Å². The fourth-order valence-electron chi connectivity index (χ4n) is 0.959. The molecule has 0 aromatic heterocycles. The molecule has 0 N–H and O–H groups in total. The van der Waals surface area contributed by atoms with Crippen LogP contribution in [0.5, 0.6) is 0 Å². The number of rotatable bonds is 7. The molecule has 13 heavy (non-hydrogen) atoms. The van der Waals surface area contributed by atoms with Gasteiger partial charge in [-0.1, -0.05) is 27.2 Å². The molecule has 0 aliphatic rings. The lowest BCUT2D eigenvalue weighted by atomic mass is 10.0. The maximum Gasteiger partial charge on any atom is 0.355 e. The fourth-order valence-corrected chi connectivity index (χ4v) is 0.959. The molecule has 0 spiro atoms. The maximum absolute atomic E-state index is 12.5. The van der Waals surface area contributed by atoms with E-state index < -0.39 is 6.11 Å². The monoisotopic (exact) mass is 194 g/mol. The Morgan fingerprint density at radius 3 is 2.38 bits per heavy atom. The summed E-state index contributed by atoms with van der Waals surface area (Å²) in [6.07, 6.45) is -0.364. The highest BCUT2D eigenvalue weighted by Crippen LogP contribution is 2.20. The summed E-state index contributed by atoms with van der Waals surface area (Å²) in [5, 5.41) is 0. The molecule has 0 amide bonds. The minimum Gasteiger partial charge on any atom is -0.321 e. The minimum atomic E-state index is -2.92. The van der Waals surface area contributed by atoms with Crippen LogP contribution in [-0.2, 0) is 4.74 Å². The van der Waals surface area contributed by atoms with Gasteiger partial charge in [0, 0.05) is 6.42 Å². The van der Waals surface area contributed by atoms with Gasteiger partial charge in [0.1, 0.15) is 0 Å². The second-order valence-electron chi connectivity index (χ2n) is 3.49. The van der Waals surface area contributed by atoms with Crippen LogP contribution in [0.25, 0.3) is 0 Å². The molecule has 0 fully saturated rings. The molecule has 1 unspecified atom stereocenters. The van der Waals surface area contributed by atoms with Crippen LogP contribution >= 0.6 is 0 Å². The van der Waals surface area contributed by atoms with Crippen LogP contribution in [0.3, 0.4) is 0 Å². The van der Waals surface area contributed by atoms with E-state index >= 15 is 0 Å². The topological polar surface area (TPSA) is 9.23 Å². The fraction of sp³-hybridized carbons (Fsp3) is 1.00. The third-order valence-corrected chi connectivity index (χ3v) is 2.26. The highest BCUT2D eigenvalue weighted by atomic mass is 19.3.